The Balaban J connectivity index is 1.64. The van der Waals surface area contributed by atoms with Crippen LogP contribution in [0.15, 0.2) is 88.1 Å². The number of thiazole rings is 1. The summed E-state index contributed by atoms with van der Waals surface area (Å²) < 4.78 is 13.4. The van der Waals surface area contributed by atoms with Crippen molar-refractivity contribution in [1.29, 1.82) is 0 Å². The lowest BCUT2D eigenvalue weighted by Crippen LogP contribution is -2.35. The van der Waals surface area contributed by atoms with Gasteiger partial charge in [0.15, 0.2) is 0 Å². The third kappa shape index (κ3) is 4.98. The maximum atomic E-state index is 13.0. The molecule has 0 saturated carbocycles. The number of aromatic nitrogens is 1. The van der Waals surface area contributed by atoms with Crippen LogP contribution in [0.3, 0.4) is 0 Å². The number of benzene rings is 3. The molecule has 0 atom stereocenters. The molecule has 0 unspecified atom stereocenters. The van der Waals surface area contributed by atoms with Gasteiger partial charge in [-0.15, -0.1) is 0 Å². The lowest BCUT2D eigenvalue weighted by atomic mass is 10.2. The first-order chi connectivity index (χ1) is 15.5. The predicted molar refractivity (Wildman–Crippen MR) is 125 cm³/mol. The van der Waals surface area contributed by atoms with Crippen LogP contribution >= 0.6 is 27.3 Å². The normalized spacial score (nSPS) is 10.9. The number of carbonyl (C=O) groups excluding carboxylic acids is 2. The highest BCUT2D eigenvalue weighted by molar-refractivity contribution is 9.10. The molecule has 0 aliphatic heterocycles. The number of nitrogens with zero attached hydrogens (tertiary/aromatic N) is 1. The van der Waals surface area contributed by atoms with Crippen molar-refractivity contribution in [2.45, 2.75) is 19.3 Å². The lowest BCUT2D eigenvalue weighted by molar-refractivity contribution is -0.162. The Labute approximate surface area is 196 Å². The fraction of sp³-hybridized carbons (Fsp3) is 0.125. The maximum Gasteiger partial charge on any atom is 0.341 e. The zero-order chi connectivity index (χ0) is 22.5. The van der Waals surface area contributed by atoms with Crippen molar-refractivity contribution in [2.75, 3.05) is 0 Å². The van der Waals surface area contributed by atoms with Gasteiger partial charge < -0.3 is 9.47 Å². The first kappa shape index (κ1) is 22.0. The Kier molecular flexibility index (Phi) is 6.82. The summed E-state index contributed by atoms with van der Waals surface area (Å²) in [5.74, 6) is -1.70. The predicted octanol–water partition coefficient (Wildman–Crippen LogP) is 4.85. The van der Waals surface area contributed by atoms with Gasteiger partial charge in [0.2, 0.25) is 6.04 Å². The molecular formula is C24H18BrNO5S. The maximum absolute atomic E-state index is 13.0. The highest BCUT2D eigenvalue weighted by Gasteiger charge is 2.35. The van der Waals surface area contributed by atoms with E-state index < -0.39 is 22.9 Å². The van der Waals surface area contributed by atoms with E-state index in [9.17, 15) is 14.4 Å². The molecule has 0 spiro atoms. The Morgan fingerprint density at radius 1 is 0.844 bits per heavy atom. The number of esters is 2. The second-order valence-electron chi connectivity index (χ2n) is 6.94. The Hall–Kier alpha value is -3.23. The van der Waals surface area contributed by atoms with Crippen LogP contribution < -0.4 is 4.87 Å². The molecule has 0 aliphatic carbocycles. The van der Waals surface area contributed by atoms with Crippen molar-refractivity contribution in [3.63, 3.8) is 0 Å². The van der Waals surface area contributed by atoms with Crippen LogP contribution in [-0.2, 0) is 32.3 Å². The Morgan fingerprint density at radius 2 is 1.38 bits per heavy atom. The van der Waals surface area contributed by atoms with Crippen molar-refractivity contribution >= 4 is 49.4 Å². The summed E-state index contributed by atoms with van der Waals surface area (Å²) in [6.45, 7) is -0.0466. The topological polar surface area (TPSA) is 74.6 Å². The minimum Gasteiger partial charge on any atom is -0.459 e. The molecule has 0 saturated heterocycles. The van der Waals surface area contributed by atoms with Gasteiger partial charge >= 0.3 is 16.8 Å². The van der Waals surface area contributed by atoms with Gasteiger partial charge in [0.1, 0.15) is 13.2 Å². The number of hydrogen-bond acceptors (Lipinski definition) is 6. The minimum absolute atomic E-state index is 0.0233. The Morgan fingerprint density at radius 3 is 1.91 bits per heavy atom. The third-order valence-corrected chi connectivity index (χ3v) is 6.14. The smallest absolute Gasteiger partial charge is 0.341 e. The number of hydrogen-bond donors (Lipinski definition) is 0. The molecule has 1 heterocycles. The molecule has 0 N–H and O–H groups in total. The summed E-state index contributed by atoms with van der Waals surface area (Å²) in [5.41, 5.74) is 1.99. The second kappa shape index (κ2) is 9.93. The van der Waals surface area contributed by atoms with Crippen molar-refractivity contribution in [3.8, 4) is 0 Å². The lowest BCUT2D eigenvalue weighted by Gasteiger charge is -2.17. The van der Waals surface area contributed by atoms with Crippen LogP contribution in [0.1, 0.15) is 17.2 Å². The average molecular weight is 512 g/mol. The number of carbonyl (C=O) groups is 2. The molecule has 4 rings (SSSR count). The quantitative estimate of drug-likeness (QED) is 0.261. The SMILES string of the molecule is O=C(OCc1ccccc1)C(C(=O)OCc1ccccc1)n1c(=O)sc2cc(Br)ccc21. The third-order valence-electron chi connectivity index (χ3n) is 4.73. The van der Waals surface area contributed by atoms with Gasteiger partial charge in [0.25, 0.3) is 0 Å². The number of fused-ring (bicyclic) bond motifs is 1. The molecule has 162 valence electrons. The van der Waals surface area contributed by atoms with E-state index >= 15 is 0 Å². The van der Waals surface area contributed by atoms with Crippen LogP contribution in [0.5, 0.6) is 0 Å². The standard InChI is InChI=1S/C24H18BrNO5S/c25-18-11-12-19-20(13-18)32-24(29)26(19)21(22(27)30-14-16-7-3-1-4-8-16)23(28)31-15-17-9-5-2-6-10-17/h1-13,21H,14-15H2. The average Bonchev–Trinajstić information content (AvgIpc) is 3.12. The van der Waals surface area contributed by atoms with E-state index in [0.717, 1.165) is 31.5 Å². The van der Waals surface area contributed by atoms with E-state index in [1.165, 1.54) is 0 Å². The van der Waals surface area contributed by atoms with Crippen molar-refractivity contribution in [1.82, 2.24) is 4.57 Å². The van der Waals surface area contributed by atoms with Crippen LogP contribution in [0, 0.1) is 0 Å². The highest BCUT2D eigenvalue weighted by atomic mass is 79.9. The summed E-state index contributed by atoms with van der Waals surface area (Å²) in [6.07, 6.45) is 0. The highest BCUT2D eigenvalue weighted by Crippen LogP contribution is 2.26. The fourth-order valence-electron chi connectivity index (χ4n) is 3.18. The van der Waals surface area contributed by atoms with E-state index in [1.807, 2.05) is 36.4 Å². The summed E-state index contributed by atoms with van der Waals surface area (Å²) >= 11 is 4.32. The van der Waals surface area contributed by atoms with E-state index in [2.05, 4.69) is 15.9 Å². The molecule has 0 bridgehead atoms. The molecule has 4 aromatic rings. The molecule has 1 aromatic heterocycles. The van der Waals surface area contributed by atoms with Gasteiger partial charge in [-0.3, -0.25) is 9.36 Å². The zero-order valence-electron chi connectivity index (χ0n) is 16.8. The van der Waals surface area contributed by atoms with Crippen LogP contribution in [0.25, 0.3) is 10.2 Å². The molecular weight excluding hydrogens is 494 g/mol. The van der Waals surface area contributed by atoms with Gasteiger partial charge in [-0.25, -0.2) is 9.59 Å². The van der Waals surface area contributed by atoms with Crippen LogP contribution in [-0.4, -0.2) is 16.5 Å². The van der Waals surface area contributed by atoms with Crippen LogP contribution in [0.4, 0.5) is 0 Å². The fourth-order valence-corrected chi connectivity index (χ4v) is 4.64. The molecule has 0 aliphatic rings. The molecule has 6 nitrogen and oxygen atoms in total. The minimum atomic E-state index is -1.55. The van der Waals surface area contributed by atoms with Gasteiger partial charge in [-0.1, -0.05) is 87.9 Å². The molecule has 3 aromatic carbocycles. The van der Waals surface area contributed by atoms with Crippen molar-refractivity contribution < 1.29 is 19.1 Å². The van der Waals surface area contributed by atoms with E-state index in [0.29, 0.717) is 10.2 Å². The van der Waals surface area contributed by atoms with E-state index in [-0.39, 0.29) is 13.2 Å². The monoisotopic (exact) mass is 511 g/mol. The number of halogens is 1. The molecule has 0 amide bonds. The first-order valence-electron chi connectivity index (χ1n) is 9.74. The first-order valence-corrected chi connectivity index (χ1v) is 11.4. The van der Waals surface area contributed by atoms with Crippen molar-refractivity contribution in [2.24, 2.45) is 0 Å². The molecule has 0 fully saturated rings. The second-order valence-corrected chi connectivity index (χ2v) is 8.85. The largest absolute Gasteiger partial charge is 0.459 e. The summed E-state index contributed by atoms with van der Waals surface area (Å²) in [5, 5.41) is 0. The number of ether oxygens (including phenoxy) is 2. The van der Waals surface area contributed by atoms with Crippen molar-refractivity contribution in [3.05, 3.63) is 104 Å². The summed E-state index contributed by atoms with van der Waals surface area (Å²) in [6, 6.07) is 21.9. The Bertz CT molecular complexity index is 1240. The summed E-state index contributed by atoms with van der Waals surface area (Å²) in [4.78, 5) is 38.4. The number of rotatable bonds is 7. The van der Waals surface area contributed by atoms with E-state index in [1.54, 1.807) is 42.5 Å². The van der Waals surface area contributed by atoms with E-state index in [4.69, 9.17) is 9.47 Å². The van der Waals surface area contributed by atoms with Gasteiger partial charge in [-0.2, -0.15) is 0 Å². The molecule has 0 radical (unpaired) electrons. The van der Waals surface area contributed by atoms with Gasteiger partial charge in [0, 0.05) is 4.47 Å². The molecule has 8 heteroatoms. The van der Waals surface area contributed by atoms with Crippen LogP contribution in [0.2, 0.25) is 0 Å². The summed E-state index contributed by atoms with van der Waals surface area (Å²) in [7, 11) is 0. The van der Waals surface area contributed by atoms with Gasteiger partial charge in [-0.05, 0) is 29.3 Å². The van der Waals surface area contributed by atoms with Gasteiger partial charge in [0.05, 0.1) is 10.2 Å². The molecule has 32 heavy (non-hydrogen) atoms. The zero-order valence-corrected chi connectivity index (χ0v) is 19.2.